The molecule has 1 aliphatic heterocycles. The molecule has 0 spiro atoms. The van der Waals surface area contributed by atoms with Crippen molar-refractivity contribution in [3.8, 4) is 0 Å². The zero-order valence-electron chi connectivity index (χ0n) is 17.9. The molecule has 0 saturated heterocycles. The van der Waals surface area contributed by atoms with Gasteiger partial charge in [0.1, 0.15) is 6.04 Å². The van der Waals surface area contributed by atoms with Crippen LogP contribution in [0.3, 0.4) is 0 Å². The molecule has 1 heterocycles. The Bertz CT molecular complexity index is 995. The van der Waals surface area contributed by atoms with Gasteiger partial charge >= 0.3 is 5.97 Å². The second-order valence-corrected chi connectivity index (χ2v) is 8.63. The Morgan fingerprint density at radius 2 is 1.87 bits per heavy atom. The van der Waals surface area contributed by atoms with Crippen LogP contribution in [0.5, 0.6) is 0 Å². The molecule has 0 bridgehead atoms. The minimum absolute atomic E-state index is 0.0163. The van der Waals surface area contributed by atoms with Gasteiger partial charge in [0, 0.05) is 23.1 Å². The fourth-order valence-electron chi connectivity index (χ4n) is 3.71. The number of carbonyl (C=O) groups is 3. The van der Waals surface area contributed by atoms with E-state index >= 15 is 0 Å². The van der Waals surface area contributed by atoms with Crippen molar-refractivity contribution in [2.24, 2.45) is 0 Å². The van der Waals surface area contributed by atoms with Crippen molar-refractivity contribution in [1.29, 1.82) is 0 Å². The van der Waals surface area contributed by atoms with Gasteiger partial charge in [-0.3, -0.25) is 14.5 Å². The van der Waals surface area contributed by atoms with Gasteiger partial charge in [0.15, 0.2) is 0 Å². The Kier molecular flexibility index (Phi) is 7.46. The molecule has 3 rings (SSSR count). The average Bonchev–Trinajstić information content (AvgIpc) is 2.74. The maximum absolute atomic E-state index is 13.0. The second kappa shape index (κ2) is 10.1. The van der Waals surface area contributed by atoms with Gasteiger partial charge in [0.2, 0.25) is 11.8 Å². The van der Waals surface area contributed by atoms with E-state index < -0.39 is 12.0 Å². The smallest absolute Gasteiger partial charge is 0.328 e. The third-order valence-corrected chi connectivity index (χ3v) is 5.82. The van der Waals surface area contributed by atoms with Gasteiger partial charge in [-0.15, -0.1) is 0 Å². The number of aryl methyl sites for hydroxylation is 1. The molecule has 2 aromatic carbocycles. The summed E-state index contributed by atoms with van der Waals surface area (Å²) in [4.78, 5) is 41.0. The van der Waals surface area contributed by atoms with Gasteiger partial charge in [-0.25, -0.2) is 4.79 Å². The number of rotatable bonds is 6. The van der Waals surface area contributed by atoms with Crippen LogP contribution in [-0.4, -0.2) is 60.9 Å². The number of hydrogen-bond donors (Lipinski definition) is 1. The molecule has 0 radical (unpaired) electrons. The Labute approximate surface area is 190 Å². The highest BCUT2D eigenvalue weighted by Gasteiger charge is 2.35. The van der Waals surface area contributed by atoms with Crippen molar-refractivity contribution in [3.05, 3.63) is 63.6 Å². The fourth-order valence-corrected chi connectivity index (χ4v) is 4.19. The highest BCUT2D eigenvalue weighted by Crippen LogP contribution is 2.24. The Hall–Kier alpha value is -2.71. The Morgan fingerprint density at radius 1 is 1.16 bits per heavy atom. The monoisotopic (exact) mass is 487 g/mol. The summed E-state index contributed by atoms with van der Waals surface area (Å²) in [6, 6.07) is 12.7. The minimum atomic E-state index is -0.667. The van der Waals surface area contributed by atoms with Crippen LogP contribution in [0.4, 0.5) is 5.69 Å². The molecule has 2 aromatic rings. The maximum Gasteiger partial charge on any atom is 0.328 e. The van der Waals surface area contributed by atoms with Gasteiger partial charge < -0.3 is 15.0 Å². The summed E-state index contributed by atoms with van der Waals surface area (Å²) < 4.78 is 5.87. The maximum atomic E-state index is 13.0. The summed E-state index contributed by atoms with van der Waals surface area (Å²) in [5.41, 5.74) is 3.72. The van der Waals surface area contributed by atoms with Crippen LogP contribution in [-0.2, 0) is 32.1 Å². The SMILES string of the molecule is COC(=O)C1Cc2ccccc2CN1C(=O)CN(C)CC(=O)Nc1ccc(Br)cc1C. The third-order valence-electron chi connectivity index (χ3n) is 5.32. The molecule has 8 heteroatoms. The number of methoxy groups -OCH3 is 1. The first kappa shape index (κ1) is 23.0. The predicted octanol–water partition coefficient (Wildman–Crippen LogP) is 2.75. The summed E-state index contributed by atoms with van der Waals surface area (Å²) in [6.45, 7) is 2.32. The topological polar surface area (TPSA) is 79.0 Å². The number of hydrogen-bond acceptors (Lipinski definition) is 5. The number of benzene rings is 2. The zero-order chi connectivity index (χ0) is 22.5. The number of ether oxygens (including phenoxy) is 1. The molecule has 1 unspecified atom stereocenters. The lowest BCUT2D eigenvalue weighted by Crippen LogP contribution is -2.52. The van der Waals surface area contributed by atoms with Crippen LogP contribution in [0.25, 0.3) is 0 Å². The molecule has 1 aliphatic rings. The molecular formula is C23H26BrN3O4. The van der Waals surface area contributed by atoms with Crippen molar-refractivity contribution in [2.45, 2.75) is 25.9 Å². The standard InChI is InChI=1S/C23H26BrN3O4/c1-15-10-18(24)8-9-19(15)25-21(28)13-26(2)14-22(29)27-12-17-7-5-4-6-16(17)11-20(27)23(30)31-3/h4-10,20H,11-14H2,1-3H3,(H,25,28). The summed E-state index contributed by atoms with van der Waals surface area (Å²) in [5.74, 6) is -0.872. The van der Waals surface area contributed by atoms with E-state index in [2.05, 4.69) is 21.2 Å². The number of halogens is 1. The third kappa shape index (κ3) is 5.71. The van der Waals surface area contributed by atoms with Crippen molar-refractivity contribution >= 4 is 39.4 Å². The summed E-state index contributed by atoms with van der Waals surface area (Å²) >= 11 is 3.40. The van der Waals surface area contributed by atoms with Crippen LogP contribution in [0.15, 0.2) is 46.9 Å². The number of nitrogens with zero attached hydrogens (tertiary/aromatic N) is 2. The van der Waals surface area contributed by atoms with E-state index in [-0.39, 0.29) is 24.9 Å². The van der Waals surface area contributed by atoms with Crippen molar-refractivity contribution in [3.63, 3.8) is 0 Å². The van der Waals surface area contributed by atoms with E-state index in [0.717, 1.165) is 26.9 Å². The number of anilines is 1. The molecule has 164 valence electrons. The van der Waals surface area contributed by atoms with Crippen molar-refractivity contribution < 1.29 is 19.1 Å². The van der Waals surface area contributed by atoms with Crippen LogP contribution >= 0.6 is 15.9 Å². The molecule has 0 fully saturated rings. The van der Waals surface area contributed by atoms with E-state index in [0.29, 0.717) is 13.0 Å². The molecular weight excluding hydrogens is 462 g/mol. The molecule has 1 atom stereocenters. The number of amides is 2. The van der Waals surface area contributed by atoms with Gasteiger partial charge in [0.05, 0.1) is 20.2 Å². The molecule has 1 N–H and O–H groups in total. The Morgan fingerprint density at radius 3 is 2.55 bits per heavy atom. The highest BCUT2D eigenvalue weighted by atomic mass is 79.9. The number of likely N-dealkylation sites (N-methyl/N-ethyl adjacent to an activating group) is 1. The first-order chi connectivity index (χ1) is 14.8. The first-order valence-corrected chi connectivity index (χ1v) is 10.8. The summed E-state index contributed by atoms with van der Waals surface area (Å²) in [6.07, 6.45) is 0.418. The van der Waals surface area contributed by atoms with Crippen LogP contribution in [0.2, 0.25) is 0 Å². The molecule has 0 aliphatic carbocycles. The number of esters is 1. The number of nitrogens with one attached hydrogen (secondary N) is 1. The van der Waals surface area contributed by atoms with E-state index in [1.54, 1.807) is 16.8 Å². The lowest BCUT2D eigenvalue weighted by molar-refractivity contribution is -0.154. The quantitative estimate of drug-likeness (QED) is 0.633. The Balaban J connectivity index is 1.63. The van der Waals surface area contributed by atoms with Gasteiger partial charge in [-0.2, -0.15) is 0 Å². The largest absolute Gasteiger partial charge is 0.467 e. The zero-order valence-corrected chi connectivity index (χ0v) is 19.4. The first-order valence-electron chi connectivity index (χ1n) is 9.97. The summed E-state index contributed by atoms with van der Waals surface area (Å²) in [5, 5.41) is 2.87. The lowest BCUT2D eigenvalue weighted by Gasteiger charge is -2.36. The fraction of sp³-hybridized carbons (Fsp3) is 0.348. The molecule has 2 amide bonds. The van der Waals surface area contributed by atoms with E-state index in [9.17, 15) is 14.4 Å². The van der Waals surface area contributed by atoms with E-state index in [4.69, 9.17) is 4.74 Å². The minimum Gasteiger partial charge on any atom is -0.467 e. The lowest BCUT2D eigenvalue weighted by atomic mass is 9.94. The van der Waals surface area contributed by atoms with Crippen LogP contribution in [0, 0.1) is 6.92 Å². The van der Waals surface area contributed by atoms with Crippen molar-refractivity contribution in [2.75, 3.05) is 32.6 Å². The summed E-state index contributed by atoms with van der Waals surface area (Å²) in [7, 11) is 3.03. The molecule has 0 saturated carbocycles. The predicted molar refractivity (Wildman–Crippen MR) is 122 cm³/mol. The van der Waals surface area contributed by atoms with Gasteiger partial charge in [-0.05, 0) is 48.9 Å². The molecule has 31 heavy (non-hydrogen) atoms. The molecule has 7 nitrogen and oxygen atoms in total. The van der Waals surface area contributed by atoms with Gasteiger partial charge in [0.25, 0.3) is 0 Å². The van der Waals surface area contributed by atoms with E-state index in [1.807, 2.05) is 49.4 Å². The van der Waals surface area contributed by atoms with E-state index in [1.165, 1.54) is 7.11 Å². The number of carbonyl (C=O) groups excluding carboxylic acids is 3. The average molecular weight is 488 g/mol. The molecule has 0 aromatic heterocycles. The second-order valence-electron chi connectivity index (χ2n) is 7.71. The normalized spacial score (nSPS) is 15.4. The van der Waals surface area contributed by atoms with Gasteiger partial charge in [-0.1, -0.05) is 40.2 Å². The van der Waals surface area contributed by atoms with Crippen molar-refractivity contribution in [1.82, 2.24) is 9.80 Å². The van der Waals surface area contributed by atoms with Crippen LogP contribution in [0.1, 0.15) is 16.7 Å². The van der Waals surface area contributed by atoms with Crippen LogP contribution < -0.4 is 5.32 Å². The highest BCUT2D eigenvalue weighted by molar-refractivity contribution is 9.10. The number of fused-ring (bicyclic) bond motifs is 1.